The minimum absolute atomic E-state index is 0.634. The van der Waals surface area contributed by atoms with Crippen molar-refractivity contribution in [3.05, 3.63) is 71.9 Å². The molecule has 0 bridgehead atoms. The molecule has 1 aromatic heterocycles. The SMILES string of the molecule is CN=C(NCCOCc1ccccc1)NCCc1c[nH]c2ccccc12. The molecular weight excluding hydrogens is 324 g/mol. The first kappa shape index (κ1) is 18.0. The Bertz CT molecular complexity index is 826. The summed E-state index contributed by atoms with van der Waals surface area (Å²) in [5.41, 5.74) is 3.68. The molecule has 26 heavy (non-hydrogen) atoms. The average molecular weight is 350 g/mol. The zero-order valence-electron chi connectivity index (χ0n) is 15.2. The molecule has 1 heterocycles. The fourth-order valence-corrected chi connectivity index (χ4v) is 2.88. The van der Waals surface area contributed by atoms with E-state index in [0.29, 0.717) is 13.2 Å². The molecule has 0 fully saturated rings. The van der Waals surface area contributed by atoms with E-state index in [4.69, 9.17) is 4.74 Å². The van der Waals surface area contributed by atoms with Gasteiger partial charge in [-0.2, -0.15) is 0 Å². The molecule has 136 valence electrons. The lowest BCUT2D eigenvalue weighted by atomic mass is 10.1. The van der Waals surface area contributed by atoms with Gasteiger partial charge in [0.2, 0.25) is 0 Å². The number of para-hydroxylation sites is 1. The summed E-state index contributed by atoms with van der Waals surface area (Å²) in [6.07, 6.45) is 3.02. The third-order valence-corrected chi connectivity index (χ3v) is 4.24. The molecule has 3 rings (SSSR count). The molecule has 0 aliphatic heterocycles. The predicted octanol–water partition coefficient (Wildman–Crippen LogP) is 3.09. The van der Waals surface area contributed by atoms with Crippen molar-refractivity contribution in [2.75, 3.05) is 26.7 Å². The van der Waals surface area contributed by atoms with Gasteiger partial charge in [-0.1, -0.05) is 48.5 Å². The van der Waals surface area contributed by atoms with Crippen LogP contribution in [0.1, 0.15) is 11.1 Å². The van der Waals surface area contributed by atoms with Crippen LogP contribution in [0.3, 0.4) is 0 Å². The third-order valence-electron chi connectivity index (χ3n) is 4.24. The quantitative estimate of drug-likeness (QED) is 0.332. The Morgan fingerprint density at radius 1 is 1.00 bits per heavy atom. The topological polar surface area (TPSA) is 61.4 Å². The lowest BCUT2D eigenvalue weighted by molar-refractivity contribution is 0.125. The summed E-state index contributed by atoms with van der Waals surface area (Å²) >= 11 is 0. The zero-order chi connectivity index (χ0) is 18.0. The minimum atomic E-state index is 0.634. The molecule has 2 aromatic carbocycles. The summed E-state index contributed by atoms with van der Waals surface area (Å²) in [6.45, 7) is 2.82. The number of fused-ring (bicyclic) bond motifs is 1. The van der Waals surface area contributed by atoms with Gasteiger partial charge in [0.15, 0.2) is 5.96 Å². The molecule has 0 saturated carbocycles. The maximum atomic E-state index is 5.68. The number of ether oxygens (including phenoxy) is 1. The number of nitrogens with one attached hydrogen (secondary N) is 3. The Morgan fingerprint density at radius 2 is 1.77 bits per heavy atom. The highest BCUT2D eigenvalue weighted by atomic mass is 16.5. The van der Waals surface area contributed by atoms with Crippen LogP contribution >= 0.6 is 0 Å². The largest absolute Gasteiger partial charge is 0.375 e. The number of aromatic amines is 1. The summed E-state index contributed by atoms with van der Waals surface area (Å²) in [4.78, 5) is 7.57. The molecule has 3 N–H and O–H groups in total. The Balaban J connectivity index is 1.34. The molecule has 5 heteroatoms. The summed E-state index contributed by atoms with van der Waals surface area (Å²) in [5, 5.41) is 7.91. The van der Waals surface area contributed by atoms with E-state index in [0.717, 1.165) is 25.5 Å². The Kier molecular flexibility index (Phi) is 6.67. The maximum absolute atomic E-state index is 5.68. The number of hydrogen-bond acceptors (Lipinski definition) is 2. The molecule has 5 nitrogen and oxygen atoms in total. The number of rotatable bonds is 8. The van der Waals surface area contributed by atoms with Crippen LogP contribution in [0.4, 0.5) is 0 Å². The highest BCUT2D eigenvalue weighted by molar-refractivity contribution is 5.83. The summed E-state index contributed by atoms with van der Waals surface area (Å²) in [6, 6.07) is 18.6. The normalized spacial score (nSPS) is 11.7. The highest BCUT2D eigenvalue weighted by Gasteiger charge is 2.03. The summed E-state index contributed by atoms with van der Waals surface area (Å²) in [7, 11) is 1.78. The maximum Gasteiger partial charge on any atom is 0.191 e. The van der Waals surface area contributed by atoms with Crippen LogP contribution in [0.25, 0.3) is 10.9 Å². The lowest BCUT2D eigenvalue weighted by Crippen LogP contribution is -2.39. The van der Waals surface area contributed by atoms with Crippen LogP contribution in [-0.4, -0.2) is 37.7 Å². The monoisotopic (exact) mass is 350 g/mol. The van der Waals surface area contributed by atoms with Gasteiger partial charge in [-0.25, -0.2) is 0 Å². The van der Waals surface area contributed by atoms with Gasteiger partial charge in [-0.3, -0.25) is 4.99 Å². The minimum Gasteiger partial charge on any atom is -0.375 e. The van der Waals surface area contributed by atoms with Gasteiger partial charge in [0, 0.05) is 37.2 Å². The molecule has 0 radical (unpaired) electrons. The van der Waals surface area contributed by atoms with E-state index >= 15 is 0 Å². The zero-order valence-corrected chi connectivity index (χ0v) is 15.2. The number of guanidine groups is 1. The molecule has 0 aliphatic rings. The number of benzene rings is 2. The first-order valence-corrected chi connectivity index (χ1v) is 8.98. The van der Waals surface area contributed by atoms with Crippen molar-refractivity contribution in [3.8, 4) is 0 Å². The average Bonchev–Trinajstić information content (AvgIpc) is 3.10. The van der Waals surface area contributed by atoms with Crippen LogP contribution in [-0.2, 0) is 17.8 Å². The van der Waals surface area contributed by atoms with Crippen LogP contribution < -0.4 is 10.6 Å². The molecule has 0 atom stereocenters. The van der Waals surface area contributed by atoms with Gasteiger partial charge in [0.25, 0.3) is 0 Å². The van der Waals surface area contributed by atoms with Crippen molar-refractivity contribution in [1.82, 2.24) is 15.6 Å². The van der Waals surface area contributed by atoms with Gasteiger partial charge in [-0.15, -0.1) is 0 Å². The van der Waals surface area contributed by atoms with E-state index in [9.17, 15) is 0 Å². The number of H-pyrrole nitrogens is 1. The fraction of sp³-hybridized carbons (Fsp3) is 0.286. The molecule has 0 amide bonds. The van der Waals surface area contributed by atoms with Crippen molar-refractivity contribution in [2.45, 2.75) is 13.0 Å². The first-order chi connectivity index (χ1) is 12.9. The van der Waals surface area contributed by atoms with Gasteiger partial charge in [0.05, 0.1) is 13.2 Å². The number of aromatic nitrogens is 1. The van der Waals surface area contributed by atoms with E-state index in [1.165, 1.54) is 22.0 Å². The van der Waals surface area contributed by atoms with Crippen molar-refractivity contribution in [1.29, 1.82) is 0 Å². The standard InChI is InChI=1S/C21H26N4O/c1-22-21(24-13-14-26-16-17-7-3-2-4-8-17)23-12-11-18-15-25-20-10-6-5-9-19(18)20/h2-10,15,25H,11-14,16H2,1H3,(H2,22,23,24). The molecule has 0 spiro atoms. The first-order valence-electron chi connectivity index (χ1n) is 8.98. The van der Waals surface area contributed by atoms with Crippen molar-refractivity contribution in [3.63, 3.8) is 0 Å². The van der Waals surface area contributed by atoms with Crippen LogP contribution in [0.5, 0.6) is 0 Å². The second-order valence-corrected chi connectivity index (χ2v) is 6.07. The number of aliphatic imine (C=N–C) groups is 1. The van der Waals surface area contributed by atoms with Crippen LogP contribution in [0.2, 0.25) is 0 Å². The number of nitrogens with zero attached hydrogens (tertiary/aromatic N) is 1. The molecule has 0 unspecified atom stereocenters. The van der Waals surface area contributed by atoms with Crippen LogP contribution in [0.15, 0.2) is 65.8 Å². The smallest absolute Gasteiger partial charge is 0.191 e. The highest BCUT2D eigenvalue weighted by Crippen LogP contribution is 2.17. The molecule has 0 saturated heterocycles. The van der Waals surface area contributed by atoms with E-state index in [2.05, 4.69) is 57.1 Å². The number of hydrogen-bond donors (Lipinski definition) is 3. The van der Waals surface area contributed by atoms with Gasteiger partial charge in [0.1, 0.15) is 0 Å². The Morgan fingerprint density at radius 3 is 2.62 bits per heavy atom. The van der Waals surface area contributed by atoms with E-state index in [-0.39, 0.29) is 0 Å². The molecule has 3 aromatic rings. The Hall–Kier alpha value is -2.79. The Labute approximate surface area is 154 Å². The van der Waals surface area contributed by atoms with E-state index in [1.807, 2.05) is 24.3 Å². The second kappa shape index (κ2) is 9.63. The van der Waals surface area contributed by atoms with E-state index in [1.54, 1.807) is 7.05 Å². The summed E-state index contributed by atoms with van der Waals surface area (Å²) < 4.78 is 5.68. The van der Waals surface area contributed by atoms with Crippen molar-refractivity contribution >= 4 is 16.9 Å². The molecule has 0 aliphatic carbocycles. The van der Waals surface area contributed by atoms with Crippen molar-refractivity contribution < 1.29 is 4.74 Å². The lowest BCUT2D eigenvalue weighted by Gasteiger charge is -2.12. The molecular formula is C21H26N4O. The van der Waals surface area contributed by atoms with E-state index < -0.39 is 0 Å². The second-order valence-electron chi connectivity index (χ2n) is 6.07. The predicted molar refractivity (Wildman–Crippen MR) is 107 cm³/mol. The van der Waals surface area contributed by atoms with Gasteiger partial charge in [-0.05, 0) is 23.6 Å². The third kappa shape index (κ3) is 5.10. The van der Waals surface area contributed by atoms with Crippen molar-refractivity contribution in [2.24, 2.45) is 4.99 Å². The fourth-order valence-electron chi connectivity index (χ4n) is 2.88. The summed E-state index contributed by atoms with van der Waals surface area (Å²) in [5.74, 6) is 0.799. The van der Waals surface area contributed by atoms with Gasteiger partial charge < -0.3 is 20.4 Å². The van der Waals surface area contributed by atoms with Gasteiger partial charge >= 0.3 is 0 Å². The van der Waals surface area contributed by atoms with Crippen LogP contribution in [0, 0.1) is 0 Å².